The van der Waals surface area contributed by atoms with E-state index in [-0.39, 0.29) is 17.6 Å². The number of amides is 2. The summed E-state index contributed by atoms with van der Waals surface area (Å²) in [5.41, 5.74) is 0.427. The zero-order valence-electron chi connectivity index (χ0n) is 18.6. The van der Waals surface area contributed by atoms with Gasteiger partial charge < -0.3 is 14.2 Å². The number of aryl methyl sites for hydroxylation is 1. The molecule has 2 fully saturated rings. The highest BCUT2D eigenvalue weighted by molar-refractivity contribution is 5.78. The van der Waals surface area contributed by atoms with E-state index in [2.05, 4.69) is 4.90 Å². The van der Waals surface area contributed by atoms with Gasteiger partial charge in [0.25, 0.3) is 0 Å². The molecule has 7 heteroatoms. The molecule has 2 aromatic rings. The zero-order valence-corrected chi connectivity index (χ0v) is 18.6. The quantitative estimate of drug-likeness (QED) is 0.688. The molecule has 0 N–H and O–H groups in total. The summed E-state index contributed by atoms with van der Waals surface area (Å²) in [6.07, 6.45) is 5.48. The summed E-state index contributed by atoms with van der Waals surface area (Å²) < 4.78 is 19.7. The Bertz CT molecular complexity index is 913. The van der Waals surface area contributed by atoms with E-state index in [9.17, 15) is 14.0 Å². The minimum Gasteiger partial charge on any atom is -0.461 e. The van der Waals surface area contributed by atoms with Gasteiger partial charge in [-0.1, -0.05) is 25.0 Å². The lowest BCUT2D eigenvalue weighted by Gasteiger charge is -2.35. The van der Waals surface area contributed by atoms with Gasteiger partial charge in [-0.25, -0.2) is 4.39 Å². The van der Waals surface area contributed by atoms with E-state index in [4.69, 9.17) is 4.42 Å². The summed E-state index contributed by atoms with van der Waals surface area (Å²) in [5.74, 6) is 1.14. The van der Waals surface area contributed by atoms with Gasteiger partial charge in [0.15, 0.2) is 0 Å². The van der Waals surface area contributed by atoms with E-state index in [0.29, 0.717) is 49.6 Å². The van der Waals surface area contributed by atoms with Gasteiger partial charge in [0.1, 0.15) is 17.3 Å². The van der Waals surface area contributed by atoms with Crippen LogP contribution in [0.2, 0.25) is 0 Å². The van der Waals surface area contributed by atoms with E-state index >= 15 is 0 Å². The second-order valence-corrected chi connectivity index (χ2v) is 8.70. The van der Waals surface area contributed by atoms with E-state index in [0.717, 1.165) is 39.0 Å². The number of nitrogens with zero attached hydrogens (tertiary/aromatic N) is 3. The number of hydrogen-bond donors (Lipinski definition) is 0. The van der Waals surface area contributed by atoms with Crippen molar-refractivity contribution in [2.75, 3.05) is 45.8 Å². The van der Waals surface area contributed by atoms with Crippen LogP contribution in [0, 0.1) is 5.82 Å². The van der Waals surface area contributed by atoms with Gasteiger partial charge in [0, 0.05) is 52.1 Å². The van der Waals surface area contributed by atoms with Crippen molar-refractivity contribution in [2.45, 2.75) is 38.5 Å². The number of benzene rings is 1. The molecule has 4 rings (SSSR count). The third-order valence-corrected chi connectivity index (χ3v) is 6.43. The topological polar surface area (TPSA) is 57.0 Å². The second kappa shape index (κ2) is 10.8. The fourth-order valence-corrected chi connectivity index (χ4v) is 4.47. The summed E-state index contributed by atoms with van der Waals surface area (Å²) in [4.78, 5) is 31.3. The molecule has 2 aliphatic rings. The zero-order chi connectivity index (χ0) is 22.3. The lowest BCUT2D eigenvalue weighted by Crippen LogP contribution is -2.51. The third-order valence-electron chi connectivity index (χ3n) is 6.43. The molecular formula is C25H32FN3O3. The van der Waals surface area contributed by atoms with Crippen molar-refractivity contribution in [3.63, 3.8) is 0 Å². The van der Waals surface area contributed by atoms with E-state index < -0.39 is 0 Å². The van der Waals surface area contributed by atoms with E-state index in [1.807, 2.05) is 9.80 Å². The van der Waals surface area contributed by atoms with Crippen LogP contribution in [-0.2, 0) is 16.0 Å². The maximum Gasteiger partial charge on any atom is 0.236 e. The second-order valence-electron chi connectivity index (χ2n) is 8.70. The fraction of sp³-hybridized carbons (Fsp3) is 0.520. The van der Waals surface area contributed by atoms with Gasteiger partial charge in [-0.15, -0.1) is 0 Å². The van der Waals surface area contributed by atoms with Crippen molar-refractivity contribution in [3.05, 3.63) is 48.0 Å². The Morgan fingerprint density at radius 1 is 0.812 bits per heavy atom. The van der Waals surface area contributed by atoms with Gasteiger partial charge in [-0.05, 0) is 37.1 Å². The Morgan fingerprint density at radius 3 is 2.22 bits per heavy atom. The van der Waals surface area contributed by atoms with Crippen molar-refractivity contribution in [2.24, 2.45) is 0 Å². The standard InChI is InChI=1S/C25H32FN3O3/c26-22-8-4-3-7-21(22)23-11-9-20(32-23)10-12-24(30)29-17-15-27(16-18-29)19-25(31)28-13-5-1-2-6-14-28/h3-4,7-9,11H,1-2,5-6,10,12-19H2. The SMILES string of the molecule is O=C(CCc1ccc(-c2ccccc2F)o1)N1CCN(CC(=O)N2CCCCCC2)CC1. The monoisotopic (exact) mass is 441 g/mol. The number of piperazine rings is 1. The molecule has 2 saturated heterocycles. The Labute approximate surface area is 189 Å². The van der Waals surface area contributed by atoms with Crippen LogP contribution in [0.4, 0.5) is 4.39 Å². The number of halogens is 1. The van der Waals surface area contributed by atoms with Crippen LogP contribution in [0.1, 0.15) is 37.9 Å². The minimum atomic E-state index is -0.323. The van der Waals surface area contributed by atoms with Crippen molar-refractivity contribution >= 4 is 11.8 Å². The van der Waals surface area contributed by atoms with Crippen molar-refractivity contribution in [1.29, 1.82) is 0 Å². The highest BCUT2D eigenvalue weighted by Crippen LogP contribution is 2.25. The molecule has 2 amide bonds. The predicted octanol–water partition coefficient (Wildman–Crippen LogP) is 3.57. The number of furan rings is 1. The van der Waals surface area contributed by atoms with E-state index in [1.54, 1.807) is 30.3 Å². The first-order valence-electron chi connectivity index (χ1n) is 11.7. The Balaban J connectivity index is 1.20. The fourth-order valence-electron chi connectivity index (χ4n) is 4.47. The first kappa shape index (κ1) is 22.5. The highest BCUT2D eigenvalue weighted by Gasteiger charge is 2.24. The molecule has 0 spiro atoms. The molecule has 6 nitrogen and oxygen atoms in total. The van der Waals surface area contributed by atoms with Crippen LogP contribution in [-0.4, -0.2) is 72.3 Å². The van der Waals surface area contributed by atoms with Crippen molar-refractivity contribution < 1.29 is 18.4 Å². The molecule has 0 saturated carbocycles. The molecule has 0 aliphatic carbocycles. The molecule has 32 heavy (non-hydrogen) atoms. The molecule has 1 aromatic heterocycles. The first-order valence-corrected chi connectivity index (χ1v) is 11.7. The summed E-state index contributed by atoms with van der Waals surface area (Å²) >= 11 is 0. The maximum atomic E-state index is 13.9. The van der Waals surface area contributed by atoms with Gasteiger partial charge in [0.05, 0.1) is 12.1 Å². The summed E-state index contributed by atoms with van der Waals surface area (Å²) in [6.45, 7) is 4.95. The Kier molecular flexibility index (Phi) is 7.58. The van der Waals surface area contributed by atoms with Gasteiger partial charge >= 0.3 is 0 Å². The smallest absolute Gasteiger partial charge is 0.236 e. The Morgan fingerprint density at radius 2 is 1.50 bits per heavy atom. The van der Waals surface area contributed by atoms with Crippen LogP contribution in [0.5, 0.6) is 0 Å². The highest BCUT2D eigenvalue weighted by atomic mass is 19.1. The lowest BCUT2D eigenvalue weighted by molar-refractivity contribution is -0.135. The molecular weight excluding hydrogens is 409 g/mol. The van der Waals surface area contributed by atoms with Crippen LogP contribution in [0.25, 0.3) is 11.3 Å². The lowest BCUT2D eigenvalue weighted by atomic mass is 10.1. The third kappa shape index (κ3) is 5.76. The average molecular weight is 442 g/mol. The maximum absolute atomic E-state index is 13.9. The number of rotatable bonds is 6. The number of carbonyl (C=O) groups excluding carboxylic acids is 2. The van der Waals surface area contributed by atoms with E-state index in [1.165, 1.54) is 18.9 Å². The first-order chi connectivity index (χ1) is 15.6. The molecule has 0 atom stereocenters. The average Bonchev–Trinajstić information content (AvgIpc) is 3.10. The van der Waals surface area contributed by atoms with Gasteiger partial charge in [-0.2, -0.15) is 0 Å². The van der Waals surface area contributed by atoms with Gasteiger partial charge in [0.2, 0.25) is 11.8 Å². The number of hydrogen-bond acceptors (Lipinski definition) is 4. The van der Waals surface area contributed by atoms with Crippen molar-refractivity contribution in [1.82, 2.24) is 14.7 Å². The number of carbonyl (C=O) groups is 2. The molecule has 0 radical (unpaired) electrons. The summed E-state index contributed by atoms with van der Waals surface area (Å²) in [6, 6.07) is 10.1. The van der Waals surface area contributed by atoms with Crippen LogP contribution in [0.15, 0.2) is 40.8 Å². The minimum absolute atomic E-state index is 0.0901. The van der Waals surface area contributed by atoms with Crippen LogP contribution in [0.3, 0.4) is 0 Å². The van der Waals surface area contributed by atoms with Gasteiger partial charge in [-0.3, -0.25) is 14.5 Å². The summed E-state index contributed by atoms with van der Waals surface area (Å²) in [7, 11) is 0. The largest absolute Gasteiger partial charge is 0.461 e. The normalized spacial score (nSPS) is 17.9. The van der Waals surface area contributed by atoms with Crippen LogP contribution >= 0.6 is 0 Å². The Hall–Kier alpha value is -2.67. The summed E-state index contributed by atoms with van der Waals surface area (Å²) in [5, 5.41) is 0. The van der Waals surface area contributed by atoms with Crippen LogP contribution < -0.4 is 0 Å². The molecule has 172 valence electrons. The van der Waals surface area contributed by atoms with Crippen molar-refractivity contribution in [3.8, 4) is 11.3 Å². The molecule has 2 aliphatic heterocycles. The molecule has 3 heterocycles. The predicted molar refractivity (Wildman–Crippen MR) is 120 cm³/mol. The molecule has 1 aromatic carbocycles. The number of likely N-dealkylation sites (tertiary alicyclic amines) is 1. The molecule has 0 unspecified atom stereocenters. The molecule has 0 bridgehead atoms.